The molecule has 2 aromatic rings. The van der Waals surface area contributed by atoms with Crippen molar-refractivity contribution in [2.24, 2.45) is 0 Å². The first-order valence-electron chi connectivity index (χ1n) is 8.12. The summed E-state index contributed by atoms with van der Waals surface area (Å²) in [6, 6.07) is 5.23. The van der Waals surface area contributed by atoms with E-state index in [9.17, 15) is 23.5 Å². The van der Waals surface area contributed by atoms with Crippen molar-refractivity contribution in [2.75, 3.05) is 5.32 Å². The van der Waals surface area contributed by atoms with Crippen LogP contribution in [-0.2, 0) is 6.42 Å². The monoisotopic (exact) mass is 381 g/mol. The largest absolute Gasteiger partial charge is 0.478 e. The number of anilines is 1. The molecular formula is C18H17F2NO4S. The summed E-state index contributed by atoms with van der Waals surface area (Å²) in [4.78, 5) is 25.2. The molecule has 0 saturated carbocycles. The van der Waals surface area contributed by atoms with Crippen LogP contribution in [0.25, 0.3) is 0 Å². The number of carboxylic acids is 1. The van der Waals surface area contributed by atoms with Gasteiger partial charge in [0.1, 0.15) is 10.8 Å². The summed E-state index contributed by atoms with van der Waals surface area (Å²) < 4.78 is 28.6. The summed E-state index contributed by atoms with van der Waals surface area (Å²) in [6.45, 7) is -0.947. The number of halogens is 2. The number of hydrogen-bond acceptors (Lipinski definition) is 4. The minimum atomic E-state index is -2.94. The van der Waals surface area contributed by atoms with Crippen molar-refractivity contribution >= 4 is 28.2 Å². The fraction of sp³-hybridized carbons (Fsp3) is 0.333. The fourth-order valence-electron chi connectivity index (χ4n) is 3.17. The number of ether oxygens (including phenoxy) is 1. The number of carbonyl (C=O) groups excluding carboxylic acids is 1. The summed E-state index contributed by atoms with van der Waals surface area (Å²) in [7, 11) is 0. The maximum atomic E-state index is 12.4. The highest BCUT2D eigenvalue weighted by atomic mass is 32.1. The molecule has 1 aromatic carbocycles. The minimum absolute atomic E-state index is 0.0526. The molecule has 1 unspecified atom stereocenters. The van der Waals surface area contributed by atoms with Gasteiger partial charge in [-0.15, -0.1) is 11.3 Å². The Balaban J connectivity index is 1.84. The van der Waals surface area contributed by atoms with Gasteiger partial charge >= 0.3 is 12.6 Å². The number of carbonyl (C=O) groups is 2. The summed E-state index contributed by atoms with van der Waals surface area (Å²) in [5.74, 6) is -1.48. The summed E-state index contributed by atoms with van der Waals surface area (Å²) in [6.07, 6.45) is 2.72. The summed E-state index contributed by atoms with van der Waals surface area (Å²) >= 11 is 1.29. The van der Waals surface area contributed by atoms with Crippen molar-refractivity contribution in [3.63, 3.8) is 0 Å². The molecule has 8 heteroatoms. The normalized spacial score (nSPS) is 16.2. The molecule has 1 amide bonds. The van der Waals surface area contributed by atoms with Gasteiger partial charge in [0.15, 0.2) is 0 Å². The third-order valence-electron chi connectivity index (χ3n) is 4.34. The van der Waals surface area contributed by atoms with Gasteiger partial charge in [-0.2, -0.15) is 8.78 Å². The fourth-order valence-corrected chi connectivity index (χ4v) is 4.52. The van der Waals surface area contributed by atoms with Crippen LogP contribution in [0.1, 0.15) is 56.8 Å². The second-order valence-electron chi connectivity index (χ2n) is 6.10. The number of amides is 1. The molecule has 0 bridgehead atoms. The van der Waals surface area contributed by atoms with Crippen molar-refractivity contribution in [3.8, 4) is 5.75 Å². The van der Waals surface area contributed by atoms with E-state index in [-0.39, 0.29) is 22.8 Å². The first kappa shape index (κ1) is 18.3. The Morgan fingerprint density at radius 2 is 2.00 bits per heavy atom. The number of aromatic carboxylic acids is 1. The van der Waals surface area contributed by atoms with Gasteiger partial charge < -0.3 is 15.2 Å². The molecule has 1 aliphatic rings. The highest BCUT2D eigenvalue weighted by Crippen LogP contribution is 2.43. The van der Waals surface area contributed by atoms with E-state index in [2.05, 4.69) is 10.1 Å². The lowest BCUT2D eigenvalue weighted by Crippen LogP contribution is -2.15. The van der Waals surface area contributed by atoms with Gasteiger partial charge in [0, 0.05) is 10.4 Å². The van der Waals surface area contributed by atoms with E-state index < -0.39 is 18.5 Å². The second-order valence-corrected chi connectivity index (χ2v) is 7.20. The van der Waals surface area contributed by atoms with E-state index in [1.165, 1.54) is 35.6 Å². The molecule has 5 nitrogen and oxygen atoms in total. The molecule has 0 aliphatic heterocycles. The van der Waals surface area contributed by atoms with E-state index in [1.54, 1.807) is 0 Å². The van der Waals surface area contributed by atoms with Gasteiger partial charge in [-0.3, -0.25) is 4.79 Å². The van der Waals surface area contributed by atoms with Crippen molar-refractivity contribution in [3.05, 3.63) is 45.8 Å². The van der Waals surface area contributed by atoms with Crippen LogP contribution in [-0.4, -0.2) is 23.6 Å². The maximum absolute atomic E-state index is 12.4. The summed E-state index contributed by atoms with van der Waals surface area (Å²) in [5, 5.41) is 12.6. The lowest BCUT2D eigenvalue weighted by atomic mass is 9.86. The van der Waals surface area contributed by atoms with E-state index >= 15 is 0 Å². The number of nitrogens with one attached hydrogen (secondary N) is 1. The van der Waals surface area contributed by atoms with E-state index in [4.69, 9.17) is 0 Å². The van der Waals surface area contributed by atoms with Crippen LogP contribution in [0.3, 0.4) is 0 Å². The molecule has 0 saturated heterocycles. The zero-order valence-electron chi connectivity index (χ0n) is 13.9. The maximum Gasteiger partial charge on any atom is 0.387 e. The molecule has 138 valence electrons. The van der Waals surface area contributed by atoms with Gasteiger partial charge in [0.25, 0.3) is 5.91 Å². The van der Waals surface area contributed by atoms with Crippen LogP contribution in [0.2, 0.25) is 0 Å². The Morgan fingerprint density at radius 3 is 2.62 bits per heavy atom. The Morgan fingerprint density at radius 1 is 1.31 bits per heavy atom. The molecule has 3 rings (SSSR count). The van der Waals surface area contributed by atoms with Crippen LogP contribution < -0.4 is 10.1 Å². The lowest BCUT2D eigenvalue weighted by molar-refractivity contribution is -0.0498. The minimum Gasteiger partial charge on any atom is -0.478 e. The number of benzene rings is 1. The van der Waals surface area contributed by atoms with Crippen molar-refractivity contribution in [2.45, 2.75) is 38.7 Å². The molecule has 26 heavy (non-hydrogen) atoms. The Labute approximate surface area is 152 Å². The van der Waals surface area contributed by atoms with Gasteiger partial charge in [-0.25, -0.2) is 4.79 Å². The molecular weight excluding hydrogens is 364 g/mol. The average Bonchev–Trinajstić information content (AvgIpc) is 2.94. The number of thiophene rings is 1. The highest BCUT2D eigenvalue weighted by Gasteiger charge is 2.29. The predicted molar refractivity (Wildman–Crippen MR) is 93.7 cm³/mol. The van der Waals surface area contributed by atoms with Crippen LogP contribution >= 0.6 is 11.3 Å². The summed E-state index contributed by atoms with van der Waals surface area (Å²) in [5.41, 5.74) is 1.19. The van der Waals surface area contributed by atoms with Crippen molar-refractivity contribution < 1.29 is 28.2 Å². The number of aryl methyl sites for hydroxylation is 1. The van der Waals surface area contributed by atoms with Gasteiger partial charge in [-0.1, -0.05) is 6.92 Å². The standard InChI is InChI=1S/C18H17F2NO4S/c1-9-3-2-4-12-13(9)14(17(23)24)16(26-12)21-15(22)10-5-7-11(8-6-10)25-18(19)20/h5-9,18H,2-4H2,1H3,(H,21,22)(H,23,24). The first-order chi connectivity index (χ1) is 12.4. The highest BCUT2D eigenvalue weighted by molar-refractivity contribution is 7.17. The number of fused-ring (bicyclic) bond motifs is 1. The zero-order valence-corrected chi connectivity index (χ0v) is 14.7. The predicted octanol–water partition coefficient (Wildman–Crippen LogP) is 4.74. The van der Waals surface area contributed by atoms with E-state index in [1.807, 2.05) is 6.92 Å². The number of carboxylic acid groups (broad SMARTS) is 1. The molecule has 1 aliphatic carbocycles. The third-order valence-corrected chi connectivity index (χ3v) is 5.52. The Hall–Kier alpha value is -2.48. The van der Waals surface area contributed by atoms with Gasteiger partial charge in [0.05, 0.1) is 5.56 Å². The zero-order chi connectivity index (χ0) is 18.8. The number of alkyl halides is 2. The first-order valence-corrected chi connectivity index (χ1v) is 8.93. The van der Waals surface area contributed by atoms with Crippen LogP contribution in [0.5, 0.6) is 5.75 Å². The molecule has 2 N–H and O–H groups in total. The Kier molecular flexibility index (Phi) is 5.22. The average molecular weight is 381 g/mol. The van der Waals surface area contributed by atoms with Crippen molar-refractivity contribution in [1.29, 1.82) is 0 Å². The van der Waals surface area contributed by atoms with Crippen LogP contribution in [0.4, 0.5) is 13.8 Å². The number of rotatable bonds is 5. The quantitative estimate of drug-likeness (QED) is 0.784. The Bertz CT molecular complexity index is 832. The van der Waals surface area contributed by atoms with Gasteiger partial charge in [0.2, 0.25) is 0 Å². The van der Waals surface area contributed by atoms with Crippen LogP contribution in [0.15, 0.2) is 24.3 Å². The van der Waals surface area contributed by atoms with Crippen molar-refractivity contribution in [1.82, 2.24) is 0 Å². The molecule has 1 atom stereocenters. The SMILES string of the molecule is CC1CCCc2sc(NC(=O)c3ccc(OC(F)F)cc3)c(C(=O)O)c21. The smallest absolute Gasteiger partial charge is 0.387 e. The molecule has 1 heterocycles. The third kappa shape index (κ3) is 3.70. The topological polar surface area (TPSA) is 75.6 Å². The molecule has 0 radical (unpaired) electrons. The van der Waals surface area contributed by atoms with Gasteiger partial charge in [-0.05, 0) is 55.0 Å². The van der Waals surface area contributed by atoms with E-state index in [0.717, 1.165) is 29.7 Å². The number of hydrogen-bond donors (Lipinski definition) is 2. The molecule has 0 fully saturated rings. The molecule has 0 spiro atoms. The van der Waals surface area contributed by atoms with Crippen LogP contribution in [0, 0.1) is 0 Å². The van der Waals surface area contributed by atoms with E-state index in [0.29, 0.717) is 5.00 Å². The lowest BCUT2D eigenvalue weighted by Gasteiger charge is -2.19. The molecule has 1 aromatic heterocycles. The second kappa shape index (κ2) is 7.41.